The van der Waals surface area contributed by atoms with Gasteiger partial charge in [-0.05, 0) is 37.8 Å². The first-order chi connectivity index (χ1) is 12.1. The highest BCUT2D eigenvalue weighted by atomic mass is 16.5. The molecule has 0 saturated carbocycles. The second-order valence-corrected chi connectivity index (χ2v) is 6.29. The van der Waals surface area contributed by atoms with E-state index in [-0.39, 0.29) is 18.0 Å². The zero-order valence-electron chi connectivity index (χ0n) is 15.4. The van der Waals surface area contributed by atoms with Gasteiger partial charge in [0.05, 0.1) is 25.2 Å². The molecule has 0 spiro atoms. The number of hydrogen-bond acceptors (Lipinski definition) is 3. The zero-order valence-corrected chi connectivity index (χ0v) is 15.4. The highest BCUT2D eigenvalue weighted by Crippen LogP contribution is 2.28. The third kappa shape index (κ3) is 6.02. The lowest BCUT2D eigenvalue weighted by molar-refractivity contribution is -0.149. The molecule has 0 amide bonds. The summed E-state index contributed by atoms with van der Waals surface area (Å²) in [7, 11) is 0. The molecule has 0 aliphatic carbocycles. The van der Waals surface area contributed by atoms with Crippen molar-refractivity contribution in [3.8, 4) is 0 Å². The van der Waals surface area contributed by atoms with Gasteiger partial charge in [0, 0.05) is 0 Å². The molecule has 3 heteroatoms. The fourth-order valence-corrected chi connectivity index (χ4v) is 2.80. The van der Waals surface area contributed by atoms with Gasteiger partial charge in [-0.15, -0.1) is 0 Å². The van der Waals surface area contributed by atoms with Crippen LogP contribution in [-0.2, 0) is 20.9 Å². The summed E-state index contributed by atoms with van der Waals surface area (Å²) in [5.41, 5.74) is 3.46. The average Bonchev–Trinajstić information content (AvgIpc) is 2.64. The lowest BCUT2D eigenvalue weighted by Gasteiger charge is -2.23. The molecule has 2 atom stereocenters. The SMILES string of the molecule is CCOC(=O)[C@H](CC)C[C@H](OCc1ccc(C)cc1)c1ccccc1. The summed E-state index contributed by atoms with van der Waals surface area (Å²) < 4.78 is 11.4. The van der Waals surface area contributed by atoms with Gasteiger partial charge < -0.3 is 9.47 Å². The van der Waals surface area contributed by atoms with Crippen molar-refractivity contribution in [3.05, 3.63) is 71.3 Å². The maximum absolute atomic E-state index is 12.2. The van der Waals surface area contributed by atoms with Crippen LogP contribution in [0.1, 0.15) is 49.5 Å². The third-order valence-corrected chi connectivity index (χ3v) is 4.35. The lowest BCUT2D eigenvalue weighted by atomic mass is 9.94. The van der Waals surface area contributed by atoms with E-state index in [4.69, 9.17) is 9.47 Å². The fraction of sp³-hybridized carbons (Fsp3) is 0.409. The van der Waals surface area contributed by atoms with Crippen LogP contribution in [0.3, 0.4) is 0 Å². The van der Waals surface area contributed by atoms with E-state index in [1.165, 1.54) is 5.56 Å². The molecule has 0 fully saturated rings. The van der Waals surface area contributed by atoms with Crippen molar-refractivity contribution in [2.45, 2.75) is 46.3 Å². The van der Waals surface area contributed by atoms with Crippen LogP contribution in [0.5, 0.6) is 0 Å². The molecule has 0 saturated heterocycles. The van der Waals surface area contributed by atoms with E-state index in [9.17, 15) is 4.79 Å². The summed E-state index contributed by atoms with van der Waals surface area (Å²) in [6.45, 7) is 6.87. The first-order valence-corrected chi connectivity index (χ1v) is 9.02. The van der Waals surface area contributed by atoms with Gasteiger partial charge in [-0.25, -0.2) is 0 Å². The fourth-order valence-electron chi connectivity index (χ4n) is 2.80. The molecular weight excluding hydrogens is 312 g/mol. The maximum atomic E-state index is 12.2. The number of benzene rings is 2. The van der Waals surface area contributed by atoms with Crippen LogP contribution in [0, 0.1) is 12.8 Å². The Balaban J connectivity index is 2.10. The van der Waals surface area contributed by atoms with E-state index in [2.05, 4.69) is 43.3 Å². The molecular formula is C22H28O3. The molecule has 3 nitrogen and oxygen atoms in total. The minimum absolute atomic E-state index is 0.128. The molecule has 2 aromatic carbocycles. The van der Waals surface area contributed by atoms with Gasteiger partial charge >= 0.3 is 5.97 Å². The molecule has 0 aliphatic heterocycles. The Labute approximate surface area is 151 Å². The molecule has 2 rings (SSSR count). The largest absolute Gasteiger partial charge is 0.466 e. The standard InChI is InChI=1S/C22H28O3/c1-4-19(22(23)24-5-2)15-21(20-9-7-6-8-10-20)25-16-18-13-11-17(3)12-14-18/h6-14,19,21H,4-5,15-16H2,1-3H3/t19-,21+/m1/s1. The molecule has 0 unspecified atom stereocenters. The summed E-state index contributed by atoms with van der Waals surface area (Å²) in [6, 6.07) is 18.4. The van der Waals surface area contributed by atoms with Crippen molar-refractivity contribution in [1.82, 2.24) is 0 Å². The van der Waals surface area contributed by atoms with E-state index < -0.39 is 0 Å². The number of rotatable bonds is 9. The first kappa shape index (κ1) is 19.2. The number of hydrogen-bond donors (Lipinski definition) is 0. The molecule has 0 heterocycles. The predicted octanol–water partition coefficient (Wildman–Crippen LogP) is 5.23. The third-order valence-electron chi connectivity index (χ3n) is 4.35. The molecule has 0 bridgehead atoms. The van der Waals surface area contributed by atoms with E-state index in [0.717, 1.165) is 17.5 Å². The van der Waals surface area contributed by atoms with Gasteiger partial charge in [-0.1, -0.05) is 67.1 Å². The quantitative estimate of drug-likeness (QED) is 0.586. The number of esters is 1. The summed E-state index contributed by atoms with van der Waals surface area (Å²) in [6.07, 6.45) is 1.25. The van der Waals surface area contributed by atoms with Gasteiger partial charge in [0.2, 0.25) is 0 Å². The van der Waals surface area contributed by atoms with Gasteiger partial charge in [0.25, 0.3) is 0 Å². The van der Waals surface area contributed by atoms with Crippen LogP contribution in [0.2, 0.25) is 0 Å². The van der Waals surface area contributed by atoms with Crippen molar-refractivity contribution >= 4 is 5.97 Å². The Bertz CT molecular complexity index is 634. The normalized spacial score (nSPS) is 13.2. The van der Waals surface area contributed by atoms with Crippen LogP contribution in [0.25, 0.3) is 0 Å². The number of carbonyl (C=O) groups excluding carboxylic acids is 1. The maximum Gasteiger partial charge on any atom is 0.309 e. The van der Waals surface area contributed by atoms with Crippen molar-refractivity contribution in [3.63, 3.8) is 0 Å². The minimum Gasteiger partial charge on any atom is -0.466 e. The van der Waals surface area contributed by atoms with Crippen molar-refractivity contribution in [2.24, 2.45) is 5.92 Å². The van der Waals surface area contributed by atoms with Crippen molar-refractivity contribution < 1.29 is 14.3 Å². The highest BCUT2D eigenvalue weighted by Gasteiger charge is 2.24. The van der Waals surface area contributed by atoms with Gasteiger partial charge in [0.15, 0.2) is 0 Å². The van der Waals surface area contributed by atoms with E-state index in [0.29, 0.717) is 19.6 Å². The average molecular weight is 340 g/mol. The number of aryl methyl sites for hydroxylation is 1. The predicted molar refractivity (Wildman–Crippen MR) is 100 cm³/mol. The van der Waals surface area contributed by atoms with Crippen LogP contribution < -0.4 is 0 Å². The van der Waals surface area contributed by atoms with Gasteiger partial charge in [0.1, 0.15) is 0 Å². The molecule has 25 heavy (non-hydrogen) atoms. The summed E-state index contributed by atoms with van der Waals surface area (Å²) in [4.78, 5) is 12.2. The molecule has 2 aromatic rings. The molecule has 0 radical (unpaired) electrons. The number of ether oxygens (including phenoxy) is 2. The van der Waals surface area contributed by atoms with Gasteiger partial charge in [-0.2, -0.15) is 0 Å². The minimum atomic E-state index is -0.150. The molecule has 0 aromatic heterocycles. The van der Waals surface area contributed by atoms with Crippen molar-refractivity contribution in [1.29, 1.82) is 0 Å². The number of carbonyl (C=O) groups is 1. The van der Waals surface area contributed by atoms with E-state index in [1.807, 2.05) is 32.0 Å². The highest BCUT2D eigenvalue weighted by molar-refractivity contribution is 5.72. The first-order valence-electron chi connectivity index (χ1n) is 9.02. The Hall–Kier alpha value is -2.13. The molecule has 0 N–H and O–H groups in total. The van der Waals surface area contributed by atoms with E-state index in [1.54, 1.807) is 0 Å². The van der Waals surface area contributed by atoms with Crippen LogP contribution in [0.4, 0.5) is 0 Å². The van der Waals surface area contributed by atoms with Crippen LogP contribution in [-0.4, -0.2) is 12.6 Å². The Morgan fingerprint density at radius 2 is 1.68 bits per heavy atom. The monoisotopic (exact) mass is 340 g/mol. The lowest BCUT2D eigenvalue weighted by Crippen LogP contribution is -2.21. The van der Waals surface area contributed by atoms with E-state index >= 15 is 0 Å². The smallest absolute Gasteiger partial charge is 0.309 e. The molecule has 0 aliphatic rings. The summed E-state index contributed by atoms with van der Waals surface area (Å²) in [5, 5.41) is 0. The Morgan fingerprint density at radius 1 is 1.00 bits per heavy atom. The van der Waals surface area contributed by atoms with Gasteiger partial charge in [-0.3, -0.25) is 4.79 Å². The Morgan fingerprint density at radius 3 is 2.28 bits per heavy atom. The van der Waals surface area contributed by atoms with Crippen LogP contribution >= 0.6 is 0 Å². The van der Waals surface area contributed by atoms with Crippen LogP contribution in [0.15, 0.2) is 54.6 Å². The summed E-state index contributed by atoms with van der Waals surface area (Å²) in [5.74, 6) is -0.284. The Kier molecular flexibility index (Phi) is 7.68. The van der Waals surface area contributed by atoms with Crippen molar-refractivity contribution in [2.75, 3.05) is 6.61 Å². The second-order valence-electron chi connectivity index (χ2n) is 6.29. The topological polar surface area (TPSA) is 35.5 Å². The summed E-state index contributed by atoms with van der Waals surface area (Å²) >= 11 is 0. The molecule has 134 valence electrons. The zero-order chi connectivity index (χ0) is 18.1. The second kappa shape index (κ2) is 10.00.